The van der Waals surface area contributed by atoms with E-state index in [2.05, 4.69) is 45.0 Å². The molecule has 1 saturated heterocycles. The van der Waals surface area contributed by atoms with Crippen LogP contribution < -0.4 is 5.32 Å². The topological polar surface area (TPSA) is 15.3 Å². The number of nitrogens with zero attached hydrogens (tertiary/aromatic N) is 1. The van der Waals surface area contributed by atoms with Gasteiger partial charge in [-0.2, -0.15) is 0 Å². The van der Waals surface area contributed by atoms with E-state index in [1.54, 1.807) is 0 Å². The summed E-state index contributed by atoms with van der Waals surface area (Å²) < 4.78 is 0. The second-order valence-electron chi connectivity index (χ2n) is 5.32. The zero-order valence-corrected chi connectivity index (χ0v) is 9.72. The Labute approximate surface area is 82.7 Å². The first-order chi connectivity index (χ1) is 5.93. The van der Waals surface area contributed by atoms with E-state index in [0.29, 0.717) is 5.54 Å². The van der Waals surface area contributed by atoms with Crippen molar-refractivity contribution in [3.63, 3.8) is 0 Å². The van der Waals surface area contributed by atoms with Crippen LogP contribution in [0.2, 0.25) is 0 Å². The zero-order valence-electron chi connectivity index (χ0n) is 9.72. The lowest BCUT2D eigenvalue weighted by atomic mass is 9.90. The van der Waals surface area contributed by atoms with Gasteiger partial charge in [0.2, 0.25) is 0 Å². The van der Waals surface area contributed by atoms with Gasteiger partial charge in [-0.3, -0.25) is 4.90 Å². The molecule has 1 aliphatic heterocycles. The average molecular weight is 184 g/mol. The van der Waals surface area contributed by atoms with Crippen LogP contribution in [0, 0.1) is 5.92 Å². The van der Waals surface area contributed by atoms with Crippen molar-refractivity contribution in [3.8, 4) is 0 Å². The molecule has 0 amide bonds. The third-order valence-corrected chi connectivity index (χ3v) is 3.30. The standard InChI is InChI=1S/C11H24N2/c1-9-8-12-7-6-10(9)13(5)11(2,3)4/h9-10,12H,6-8H2,1-5H3. The van der Waals surface area contributed by atoms with Crippen molar-refractivity contribution in [1.82, 2.24) is 10.2 Å². The molecular weight excluding hydrogens is 160 g/mol. The molecule has 0 aromatic heterocycles. The molecule has 1 N–H and O–H groups in total. The molecule has 0 saturated carbocycles. The number of piperidine rings is 1. The van der Waals surface area contributed by atoms with Gasteiger partial charge >= 0.3 is 0 Å². The molecular formula is C11H24N2. The maximum Gasteiger partial charge on any atom is 0.0147 e. The van der Waals surface area contributed by atoms with Crippen molar-refractivity contribution in [2.24, 2.45) is 5.92 Å². The van der Waals surface area contributed by atoms with Crippen LogP contribution >= 0.6 is 0 Å². The summed E-state index contributed by atoms with van der Waals surface area (Å²) in [4.78, 5) is 2.53. The van der Waals surface area contributed by atoms with Gasteiger partial charge < -0.3 is 5.32 Å². The van der Waals surface area contributed by atoms with E-state index in [-0.39, 0.29) is 0 Å². The van der Waals surface area contributed by atoms with Gasteiger partial charge in [0.1, 0.15) is 0 Å². The molecule has 78 valence electrons. The van der Waals surface area contributed by atoms with Crippen molar-refractivity contribution in [3.05, 3.63) is 0 Å². The van der Waals surface area contributed by atoms with E-state index in [1.165, 1.54) is 19.5 Å². The summed E-state index contributed by atoms with van der Waals surface area (Å²) in [6.07, 6.45) is 1.29. The molecule has 1 heterocycles. The van der Waals surface area contributed by atoms with Gasteiger partial charge in [0.25, 0.3) is 0 Å². The van der Waals surface area contributed by atoms with Crippen LogP contribution in [0.25, 0.3) is 0 Å². The van der Waals surface area contributed by atoms with Gasteiger partial charge in [-0.05, 0) is 53.2 Å². The Bertz CT molecular complexity index is 160. The third-order valence-electron chi connectivity index (χ3n) is 3.30. The Hall–Kier alpha value is -0.0800. The minimum Gasteiger partial charge on any atom is -0.316 e. The summed E-state index contributed by atoms with van der Waals surface area (Å²) in [7, 11) is 2.26. The maximum absolute atomic E-state index is 3.44. The Morgan fingerprint density at radius 3 is 2.38 bits per heavy atom. The fraction of sp³-hybridized carbons (Fsp3) is 1.00. The van der Waals surface area contributed by atoms with Gasteiger partial charge in [0.15, 0.2) is 0 Å². The first-order valence-corrected chi connectivity index (χ1v) is 5.36. The Kier molecular flexibility index (Phi) is 3.36. The number of hydrogen-bond donors (Lipinski definition) is 1. The highest BCUT2D eigenvalue weighted by molar-refractivity contribution is 4.87. The van der Waals surface area contributed by atoms with Gasteiger partial charge in [0.05, 0.1) is 0 Å². The molecule has 1 rings (SSSR count). The molecule has 0 aromatic carbocycles. The highest BCUT2D eigenvalue weighted by Gasteiger charge is 2.30. The van der Waals surface area contributed by atoms with Crippen LogP contribution in [-0.2, 0) is 0 Å². The molecule has 2 atom stereocenters. The lowest BCUT2D eigenvalue weighted by Gasteiger charge is -2.43. The second-order valence-corrected chi connectivity index (χ2v) is 5.32. The van der Waals surface area contributed by atoms with E-state index in [9.17, 15) is 0 Å². The monoisotopic (exact) mass is 184 g/mol. The van der Waals surface area contributed by atoms with Crippen LogP contribution in [0.3, 0.4) is 0 Å². The quantitative estimate of drug-likeness (QED) is 0.667. The first kappa shape index (κ1) is 11.0. The van der Waals surface area contributed by atoms with Crippen molar-refractivity contribution < 1.29 is 0 Å². The van der Waals surface area contributed by atoms with Crippen LogP contribution in [-0.4, -0.2) is 36.6 Å². The molecule has 1 aliphatic rings. The predicted octanol–water partition coefficient (Wildman–Crippen LogP) is 1.71. The predicted molar refractivity (Wildman–Crippen MR) is 58.0 cm³/mol. The smallest absolute Gasteiger partial charge is 0.0147 e. The summed E-state index contributed by atoms with van der Waals surface area (Å²) in [5.74, 6) is 0.776. The van der Waals surface area contributed by atoms with Gasteiger partial charge in [-0.25, -0.2) is 0 Å². The number of rotatable bonds is 1. The van der Waals surface area contributed by atoms with Crippen molar-refractivity contribution in [2.75, 3.05) is 20.1 Å². The summed E-state index contributed by atoms with van der Waals surface area (Å²) in [6.45, 7) is 11.6. The van der Waals surface area contributed by atoms with Crippen LogP contribution in [0.1, 0.15) is 34.1 Å². The van der Waals surface area contributed by atoms with E-state index in [0.717, 1.165) is 12.0 Å². The van der Waals surface area contributed by atoms with E-state index in [1.807, 2.05) is 0 Å². The van der Waals surface area contributed by atoms with Crippen LogP contribution in [0.4, 0.5) is 0 Å². The number of nitrogens with one attached hydrogen (secondary N) is 1. The molecule has 0 bridgehead atoms. The molecule has 2 heteroatoms. The summed E-state index contributed by atoms with van der Waals surface area (Å²) in [6, 6.07) is 0.751. The van der Waals surface area contributed by atoms with Crippen molar-refractivity contribution in [1.29, 1.82) is 0 Å². The second kappa shape index (κ2) is 3.97. The maximum atomic E-state index is 3.44. The lowest BCUT2D eigenvalue weighted by Crippen LogP contribution is -2.53. The fourth-order valence-corrected chi connectivity index (χ4v) is 2.07. The normalized spacial score (nSPS) is 30.9. The molecule has 1 fully saturated rings. The Morgan fingerprint density at radius 1 is 1.31 bits per heavy atom. The molecule has 13 heavy (non-hydrogen) atoms. The van der Waals surface area contributed by atoms with Gasteiger partial charge in [-0.15, -0.1) is 0 Å². The van der Waals surface area contributed by atoms with Crippen LogP contribution in [0.15, 0.2) is 0 Å². The van der Waals surface area contributed by atoms with Gasteiger partial charge in [-0.1, -0.05) is 6.92 Å². The van der Waals surface area contributed by atoms with Crippen molar-refractivity contribution >= 4 is 0 Å². The molecule has 0 spiro atoms. The summed E-state index contributed by atoms with van der Waals surface area (Å²) in [5.41, 5.74) is 0.302. The molecule has 0 aliphatic carbocycles. The zero-order chi connectivity index (χ0) is 10.1. The van der Waals surface area contributed by atoms with Crippen molar-refractivity contribution in [2.45, 2.75) is 45.7 Å². The Morgan fingerprint density at radius 2 is 1.92 bits per heavy atom. The SMILES string of the molecule is CC1CNCCC1N(C)C(C)(C)C. The molecule has 0 aromatic rings. The molecule has 2 nitrogen and oxygen atoms in total. The molecule has 0 radical (unpaired) electrons. The first-order valence-electron chi connectivity index (χ1n) is 5.36. The van der Waals surface area contributed by atoms with Crippen LogP contribution in [0.5, 0.6) is 0 Å². The highest BCUT2D eigenvalue weighted by Crippen LogP contribution is 2.23. The highest BCUT2D eigenvalue weighted by atomic mass is 15.2. The van der Waals surface area contributed by atoms with E-state index < -0.39 is 0 Å². The minimum absolute atomic E-state index is 0.302. The van der Waals surface area contributed by atoms with E-state index >= 15 is 0 Å². The van der Waals surface area contributed by atoms with Gasteiger partial charge in [0, 0.05) is 11.6 Å². The lowest BCUT2D eigenvalue weighted by molar-refractivity contribution is 0.0650. The van der Waals surface area contributed by atoms with E-state index in [4.69, 9.17) is 0 Å². The summed E-state index contributed by atoms with van der Waals surface area (Å²) in [5, 5.41) is 3.44. The minimum atomic E-state index is 0.302. The largest absolute Gasteiger partial charge is 0.316 e. The Balaban J connectivity index is 2.58. The third kappa shape index (κ3) is 2.68. The molecule has 2 unspecified atom stereocenters. The summed E-state index contributed by atoms with van der Waals surface area (Å²) >= 11 is 0. The average Bonchev–Trinajstić information content (AvgIpc) is 2.02. The fourth-order valence-electron chi connectivity index (χ4n) is 2.07. The number of hydrogen-bond acceptors (Lipinski definition) is 2.